The van der Waals surface area contributed by atoms with Gasteiger partial charge >= 0.3 is 0 Å². The number of imide groups is 1. The summed E-state index contributed by atoms with van der Waals surface area (Å²) < 4.78 is 18.2. The van der Waals surface area contributed by atoms with Gasteiger partial charge in [0.05, 0.1) is 12.0 Å². The fourth-order valence-corrected chi connectivity index (χ4v) is 5.12. The molecule has 1 aliphatic rings. The van der Waals surface area contributed by atoms with E-state index in [0.717, 1.165) is 26.0 Å². The zero-order valence-electron chi connectivity index (χ0n) is 23.2. The minimum atomic E-state index is -0.523. The van der Waals surface area contributed by atoms with Crippen LogP contribution in [0.15, 0.2) is 71.6 Å². The maximum Gasteiger partial charge on any atom is 0.294 e. The molecule has 0 atom stereocenters. The topological polar surface area (TPSA) is 94.2 Å². The van der Waals surface area contributed by atoms with Crippen molar-refractivity contribution in [2.24, 2.45) is 0 Å². The normalized spacial score (nSPS) is 14.4. The van der Waals surface area contributed by atoms with Crippen LogP contribution >= 0.6 is 34.4 Å². The summed E-state index contributed by atoms with van der Waals surface area (Å²) in [6, 6.07) is 20.5. The van der Waals surface area contributed by atoms with Crippen molar-refractivity contribution in [1.82, 2.24) is 4.90 Å². The second-order valence-electron chi connectivity index (χ2n) is 10.2. The van der Waals surface area contributed by atoms with Gasteiger partial charge in [-0.05, 0) is 106 Å². The van der Waals surface area contributed by atoms with E-state index in [4.69, 9.17) is 14.2 Å². The predicted octanol–water partition coefficient (Wildman–Crippen LogP) is 6.73. The highest BCUT2D eigenvalue weighted by molar-refractivity contribution is 14.1. The number of hydrogen-bond acceptors (Lipinski definition) is 7. The summed E-state index contributed by atoms with van der Waals surface area (Å²) >= 11 is 2.96. The largest absolute Gasteiger partial charge is 0.493 e. The third-order valence-electron chi connectivity index (χ3n) is 6.12. The number of nitrogens with zero attached hydrogens (tertiary/aromatic N) is 1. The highest BCUT2D eigenvalue weighted by atomic mass is 127. The molecule has 41 heavy (non-hydrogen) atoms. The number of thioether (sulfide) groups is 1. The van der Waals surface area contributed by atoms with E-state index in [1.165, 1.54) is 12.7 Å². The number of carbonyl (C=O) groups excluding carboxylic acids is 3. The Bertz CT molecular complexity index is 1450. The van der Waals surface area contributed by atoms with Gasteiger partial charge in [-0.15, -0.1) is 0 Å². The second kappa shape index (κ2) is 13.4. The molecule has 1 saturated heterocycles. The quantitative estimate of drug-likeness (QED) is 0.144. The number of rotatable bonds is 10. The lowest BCUT2D eigenvalue weighted by Crippen LogP contribution is -2.36. The predicted molar refractivity (Wildman–Crippen MR) is 170 cm³/mol. The Morgan fingerprint density at radius 3 is 2.29 bits per heavy atom. The number of amides is 3. The molecule has 1 fully saturated rings. The molecule has 0 saturated carbocycles. The zero-order valence-corrected chi connectivity index (χ0v) is 26.2. The van der Waals surface area contributed by atoms with E-state index in [1.54, 1.807) is 36.4 Å². The van der Waals surface area contributed by atoms with E-state index in [0.29, 0.717) is 36.0 Å². The van der Waals surface area contributed by atoms with Crippen LogP contribution in [0.25, 0.3) is 6.08 Å². The second-order valence-corrected chi connectivity index (χ2v) is 12.4. The molecule has 3 aromatic rings. The van der Waals surface area contributed by atoms with E-state index in [1.807, 2.05) is 24.3 Å². The molecule has 3 amide bonds. The number of nitrogens with one attached hydrogen (secondary N) is 1. The monoisotopic (exact) mass is 686 g/mol. The molecule has 0 unspecified atom stereocenters. The molecule has 3 aromatic carbocycles. The summed E-state index contributed by atoms with van der Waals surface area (Å²) in [7, 11) is 1.53. The number of anilines is 1. The Labute approximate surface area is 257 Å². The first-order valence-electron chi connectivity index (χ1n) is 12.9. The van der Waals surface area contributed by atoms with Crippen LogP contribution in [0.1, 0.15) is 31.9 Å². The molecule has 0 bridgehead atoms. The number of methoxy groups -OCH3 is 1. The molecule has 0 aromatic heterocycles. The highest BCUT2D eigenvalue weighted by Gasteiger charge is 2.36. The van der Waals surface area contributed by atoms with Gasteiger partial charge in [0.15, 0.2) is 11.5 Å². The molecule has 0 spiro atoms. The molecule has 10 heteroatoms. The van der Waals surface area contributed by atoms with Gasteiger partial charge in [-0.3, -0.25) is 19.3 Å². The standard InChI is InChI=1S/C31H31IN2O6S/c1-31(2,3)21-6-12-24(13-7-21)39-15-16-40-25-14-5-20(17-26(25)38-4)18-27-29(36)34(30(37)41-27)19-28(35)33-23-10-8-22(32)9-11-23/h5-14,17-18H,15-16,19H2,1-4H3,(H,33,35)/b27-18-. The van der Waals surface area contributed by atoms with Crippen molar-refractivity contribution in [3.63, 3.8) is 0 Å². The van der Waals surface area contributed by atoms with Gasteiger partial charge in [0.2, 0.25) is 5.91 Å². The molecule has 8 nitrogen and oxygen atoms in total. The summed E-state index contributed by atoms with van der Waals surface area (Å²) in [5, 5.41) is 2.20. The van der Waals surface area contributed by atoms with Gasteiger partial charge in [-0.2, -0.15) is 0 Å². The highest BCUT2D eigenvalue weighted by Crippen LogP contribution is 2.34. The van der Waals surface area contributed by atoms with Crippen molar-refractivity contribution in [3.05, 3.63) is 86.3 Å². The molecule has 0 radical (unpaired) electrons. The Kier molecular flexibility index (Phi) is 9.98. The first kappa shape index (κ1) is 30.4. The molecule has 1 heterocycles. The van der Waals surface area contributed by atoms with Gasteiger partial charge in [0, 0.05) is 9.26 Å². The van der Waals surface area contributed by atoms with E-state index >= 15 is 0 Å². The summed E-state index contributed by atoms with van der Waals surface area (Å²) in [5.41, 5.74) is 2.56. The first-order valence-corrected chi connectivity index (χ1v) is 14.8. The minimum absolute atomic E-state index is 0.0805. The van der Waals surface area contributed by atoms with Crippen LogP contribution in [0.2, 0.25) is 0 Å². The zero-order chi connectivity index (χ0) is 29.6. The van der Waals surface area contributed by atoms with Gasteiger partial charge in [0.25, 0.3) is 11.1 Å². The van der Waals surface area contributed by atoms with Gasteiger partial charge in [-0.25, -0.2) is 0 Å². The van der Waals surface area contributed by atoms with Crippen LogP contribution in [0.3, 0.4) is 0 Å². The van der Waals surface area contributed by atoms with Crippen LogP contribution in [0.5, 0.6) is 17.2 Å². The Morgan fingerprint density at radius 2 is 1.63 bits per heavy atom. The number of halogens is 1. The van der Waals surface area contributed by atoms with E-state index in [2.05, 4.69) is 60.8 Å². The first-order chi connectivity index (χ1) is 19.5. The third kappa shape index (κ3) is 8.26. The maximum absolute atomic E-state index is 12.9. The van der Waals surface area contributed by atoms with Crippen LogP contribution in [0, 0.1) is 3.57 Å². The fraction of sp³-hybridized carbons (Fsp3) is 0.258. The summed E-state index contributed by atoms with van der Waals surface area (Å²) in [6.45, 7) is 6.79. The Balaban J connectivity index is 1.32. The van der Waals surface area contributed by atoms with Crippen molar-refractivity contribution >= 4 is 63.2 Å². The lowest BCUT2D eigenvalue weighted by Gasteiger charge is -2.19. The SMILES string of the molecule is COc1cc(/C=C2\SC(=O)N(CC(=O)Nc3ccc(I)cc3)C2=O)ccc1OCCOc1ccc(C(C)(C)C)cc1. The van der Waals surface area contributed by atoms with Gasteiger partial charge < -0.3 is 19.5 Å². The summed E-state index contributed by atoms with van der Waals surface area (Å²) in [5.74, 6) is 0.792. The Hall–Kier alpha value is -3.51. The van der Waals surface area contributed by atoms with Crippen molar-refractivity contribution in [2.45, 2.75) is 26.2 Å². The fourth-order valence-electron chi connectivity index (χ4n) is 3.92. The molecule has 214 valence electrons. The van der Waals surface area contributed by atoms with Crippen LogP contribution < -0.4 is 19.5 Å². The van der Waals surface area contributed by atoms with Crippen molar-refractivity contribution < 1.29 is 28.6 Å². The van der Waals surface area contributed by atoms with Crippen molar-refractivity contribution in [2.75, 3.05) is 32.2 Å². The van der Waals surface area contributed by atoms with Crippen LogP contribution in [0.4, 0.5) is 10.5 Å². The van der Waals surface area contributed by atoms with Crippen LogP contribution in [-0.2, 0) is 15.0 Å². The molecule has 0 aliphatic carbocycles. The van der Waals surface area contributed by atoms with E-state index in [-0.39, 0.29) is 16.9 Å². The minimum Gasteiger partial charge on any atom is -0.493 e. The molecule has 1 aliphatic heterocycles. The number of carbonyl (C=O) groups is 3. The molecule has 4 rings (SSSR count). The lowest BCUT2D eigenvalue weighted by atomic mass is 9.87. The van der Waals surface area contributed by atoms with Gasteiger partial charge in [-0.1, -0.05) is 39.0 Å². The van der Waals surface area contributed by atoms with Gasteiger partial charge in [0.1, 0.15) is 25.5 Å². The third-order valence-corrected chi connectivity index (χ3v) is 7.75. The molecular weight excluding hydrogens is 655 g/mol. The molecule has 1 N–H and O–H groups in total. The number of hydrogen-bond donors (Lipinski definition) is 1. The maximum atomic E-state index is 12.9. The lowest BCUT2D eigenvalue weighted by molar-refractivity contribution is -0.127. The average molecular weight is 687 g/mol. The smallest absolute Gasteiger partial charge is 0.294 e. The summed E-state index contributed by atoms with van der Waals surface area (Å²) in [4.78, 5) is 39.0. The number of ether oxygens (including phenoxy) is 3. The number of benzene rings is 3. The van der Waals surface area contributed by atoms with Crippen molar-refractivity contribution in [3.8, 4) is 17.2 Å². The molecular formula is C31H31IN2O6S. The van der Waals surface area contributed by atoms with Crippen LogP contribution in [-0.4, -0.2) is 48.8 Å². The summed E-state index contributed by atoms with van der Waals surface area (Å²) in [6.07, 6.45) is 1.60. The van der Waals surface area contributed by atoms with Crippen molar-refractivity contribution in [1.29, 1.82) is 0 Å². The van der Waals surface area contributed by atoms with E-state index in [9.17, 15) is 14.4 Å². The Morgan fingerprint density at radius 1 is 0.951 bits per heavy atom. The van der Waals surface area contributed by atoms with E-state index < -0.39 is 17.1 Å². The average Bonchev–Trinajstić information content (AvgIpc) is 3.19.